The number of aromatic carboxylic acids is 1. The van der Waals surface area contributed by atoms with Gasteiger partial charge >= 0.3 is 5.97 Å². The Hall–Kier alpha value is -4.22. The van der Waals surface area contributed by atoms with Crippen LogP contribution in [0.3, 0.4) is 0 Å². The van der Waals surface area contributed by atoms with Crippen molar-refractivity contribution >= 4 is 44.7 Å². The van der Waals surface area contributed by atoms with Crippen LogP contribution in [0.25, 0.3) is 5.69 Å². The highest BCUT2D eigenvalue weighted by atomic mass is 32.2. The van der Waals surface area contributed by atoms with E-state index in [4.69, 9.17) is 12.2 Å². The monoisotopic (exact) mass is 547 g/mol. The molecule has 0 spiro atoms. The lowest BCUT2D eigenvalue weighted by Gasteiger charge is -2.29. The van der Waals surface area contributed by atoms with Crippen molar-refractivity contribution in [2.24, 2.45) is 0 Å². The van der Waals surface area contributed by atoms with Gasteiger partial charge < -0.3 is 19.9 Å². The van der Waals surface area contributed by atoms with Gasteiger partial charge in [0.05, 0.1) is 29.2 Å². The summed E-state index contributed by atoms with van der Waals surface area (Å²) >= 11 is 5.82. The van der Waals surface area contributed by atoms with Crippen molar-refractivity contribution in [1.29, 1.82) is 0 Å². The first-order chi connectivity index (χ1) is 18.1. The van der Waals surface area contributed by atoms with E-state index in [-0.39, 0.29) is 17.6 Å². The van der Waals surface area contributed by atoms with Crippen molar-refractivity contribution in [3.63, 3.8) is 0 Å². The predicted molar refractivity (Wildman–Crippen MR) is 150 cm³/mol. The molecule has 2 atom stereocenters. The fraction of sp³-hybridized carbons (Fsp3) is 0.148. The van der Waals surface area contributed by atoms with Gasteiger partial charge in [-0.25, -0.2) is 13.2 Å². The van der Waals surface area contributed by atoms with E-state index in [1.54, 1.807) is 36.5 Å². The normalized spacial score (nSPS) is 17.3. The van der Waals surface area contributed by atoms with Gasteiger partial charge in [-0.15, -0.1) is 0 Å². The van der Waals surface area contributed by atoms with Crippen LogP contribution in [-0.4, -0.2) is 40.4 Å². The lowest BCUT2D eigenvalue weighted by molar-refractivity contribution is 0.0697. The van der Waals surface area contributed by atoms with Crippen LogP contribution in [0.1, 0.15) is 39.4 Å². The van der Waals surface area contributed by atoms with Crippen molar-refractivity contribution in [2.45, 2.75) is 19.0 Å². The van der Waals surface area contributed by atoms with E-state index in [9.17, 15) is 18.3 Å². The van der Waals surface area contributed by atoms with Crippen LogP contribution in [0.15, 0.2) is 85.2 Å². The Bertz CT molecular complexity index is 1620. The maximum atomic E-state index is 11.8. The molecule has 1 aliphatic rings. The molecule has 2 aromatic heterocycles. The third-order valence-electron chi connectivity index (χ3n) is 6.36. The molecular weight excluding hydrogens is 522 g/mol. The van der Waals surface area contributed by atoms with Crippen molar-refractivity contribution < 1.29 is 18.3 Å². The summed E-state index contributed by atoms with van der Waals surface area (Å²) in [5.41, 5.74) is 4.75. The molecule has 5 rings (SSSR count). The second-order valence-corrected chi connectivity index (χ2v) is 11.2. The number of sulfonamides is 1. The summed E-state index contributed by atoms with van der Waals surface area (Å²) in [6, 6.07) is 21.2. The van der Waals surface area contributed by atoms with E-state index in [2.05, 4.69) is 15.0 Å². The highest BCUT2D eigenvalue weighted by molar-refractivity contribution is 7.92. The summed E-state index contributed by atoms with van der Waals surface area (Å²) in [7, 11) is -3.43. The van der Waals surface area contributed by atoms with Gasteiger partial charge in [-0.05, 0) is 91.4 Å². The molecule has 3 N–H and O–H groups in total. The molecule has 0 amide bonds. The summed E-state index contributed by atoms with van der Waals surface area (Å²) < 4.78 is 28.1. The Balaban J connectivity index is 1.62. The third kappa shape index (κ3) is 4.98. The number of thiocarbonyl (C=S) groups is 1. The number of nitrogens with zero attached hydrogens (tertiary/aromatic N) is 3. The molecule has 194 valence electrons. The first-order valence-corrected chi connectivity index (χ1v) is 14.0. The number of anilines is 2. The molecule has 0 radical (unpaired) electrons. The fourth-order valence-corrected chi connectivity index (χ4v) is 5.65. The molecule has 0 saturated carbocycles. The fourth-order valence-electron chi connectivity index (χ4n) is 4.68. The SMILES string of the molecule is Cc1cc(N2C(=S)N[C@H](c3ccccn3)[C@H]2c2cccn2-c2ccc(C(=O)O)cc2)ccc1NS(C)(=O)=O. The maximum absolute atomic E-state index is 11.8. The number of benzene rings is 2. The van der Waals surface area contributed by atoms with E-state index in [0.29, 0.717) is 10.8 Å². The quantitative estimate of drug-likeness (QED) is 0.291. The minimum Gasteiger partial charge on any atom is -0.478 e. The van der Waals surface area contributed by atoms with Gasteiger partial charge in [-0.2, -0.15) is 0 Å². The van der Waals surface area contributed by atoms with Crippen molar-refractivity contribution in [3.05, 3.63) is 108 Å². The molecule has 2 aromatic carbocycles. The molecule has 1 aliphatic heterocycles. The number of carbonyl (C=O) groups is 1. The lowest BCUT2D eigenvalue weighted by atomic mass is 10.00. The van der Waals surface area contributed by atoms with Crippen LogP contribution >= 0.6 is 12.2 Å². The summed E-state index contributed by atoms with van der Waals surface area (Å²) in [6.45, 7) is 1.83. The third-order valence-corrected chi connectivity index (χ3v) is 7.26. The zero-order valence-corrected chi connectivity index (χ0v) is 22.2. The van der Waals surface area contributed by atoms with Crippen LogP contribution in [-0.2, 0) is 10.0 Å². The number of nitrogens with one attached hydrogen (secondary N) is 2. The highest BCUT2D eigenvalue weighted by Gasteiger charge is 2.42. The average Bonchev–Trinajstić information content (AvgIpc) is 3.49. The minimum absolute atomic E-state index is 0.206. The van der Waals surface area contributed by atoms with Gasteiger partial charge in [0.2, 0.25) is 10.0 Å². The van der Waals surface area contributed by atoms with Crippen molar-refractivity contribution in [1.82, 2.24) is 14.9 Å². The maximum Gasteiger partial charge on any atom is 0.335 e. The molecule has 4 aromatic rings. The summed E-state index contributed by atoms with van der Waals surface area (Å²) in [5, 5.41) is 13.2. The van der Waals surface area contributed by atoms with Gasteiger partial charge in [-0.3, -0.25) is 9.71 Å². The Morgan fingerprint density at radius 3 is 2.42 bits per heavy atom. The van der Waals surface area contributed by atoms with E-state index < -0.39 is 16.0 Å². The van der Waals surface area contributed by atoms with E-state index >= 15 is 0 Å². The Labute approximate surface area is 225 Å². The highest BCUT2D eigenvalue weighted by Crippen LogP contribution is 2.43. The first kappa shape index (κ1) is 25.4. The van der Waals surface area contributed by atoms with Crippen LogP contribution in [0.2, 0.25) is 0 Å². The van der Waals surface area contributed by atoms with Crippen molar-refractivity contribution in [3.8, 4) is 5.69 Å². The van der Waals surface area contributed by atoms with Crippen LogP contribution in [0.5, 0.6) is 0 Å². The van der Waals surface area contributed by atoms with Crippen molar-refractivity contribution in [2.75, 3.05) is 15.9 Å². The average molecular weight is 548 g/mol. The van der Waals surface area contributed by atoms with E-state index in [1.165, 1.54) is 0 Å². The number of rotatable bonds is 7. The Morgan fingerprint density at radius 1 is 1.05 bits per heavy atom. The topological polar surface area (TPSA) is 117 Å². The van der Waals surface area contributed by atoms with Gasteiger partial charge in [0, 0.05) is 29.5 Å². The number of pyridine rings is 1. The zero-order chi connectivity index (χ0) is 27.0. The molecule has 9 nitrogen and oxygen atoms in total. The van der Waals surface area contributed by atoms with Crippen LogP contribution < -0.4 is 14.9 Å². The molecule has 11 heteroatoms. The summed E-state index contributed by atoms with van der Waals surface area (Å²) in [4.78, 5) is 18.0. The zero-order valence-electron chi connectivity index (χ0n) is 20.6. The molecule has 3 heterocycles. The molecule has 0 bridgehead atoms. The number of carboxylic acid groups (broad SMARTS) is 1. The van der Waals surface area contributed by atoms with Crippen LogP contribution in [0, 0.1) is 6.92 Å². The molecule has 0 unspecified atom stereocenters. The van der Waals surface area contributed by atoms with Crippen LogP contribution in [0.4, 0.5) is 11.4 Å². The second kappa shape index (κ2) is 9.92. The summed E-state index contributed by atoms with van der Waals surface area (Å²) in [5.74, 6) is -0.986. The Kier molecular flexibility index (Phi) is 6.64. The number of aryl methyl sites for hydroxylation is 1. The number of aromatic nitrogens is 2. The first-order valence-electron chi connectivity index (χ1n) is 11.7. The molecule has 0 aliphatic carbocycles. The summed E-state index contributed by atoms with van der Waals surface area (Å²) in [6.07, 6.45) is 4.77. The van der Waals surface area contributed by atoms with E-state index in [1.807, 2.05) is 65.1 Å². The Morgan fingerprint density at radius 2 is 1.79 bits per heavy atom. The van der Waals surface area contributed by atoms with Gasteiger partial charge in [-0.1, -0.05) is 6.07 Å². The number of hydrogen-bond acceptors (Lipinski definition) is 5. The second-order valence-electron chi connectivity index (χ2n) is 9.03. The number of carboxylic acids is 1. The predicted octanol–water partition coefficient (Wildman–Crippen LogP) is 4.43. The van der Waals surface area contributed by atoms with Gasteiger partial charge in [0.25, 0.3) is 0 Å². The van der Waals surface area contributed by atoms with Gasteiger partial charge in [0.15, 0.2) is 5.11 Å². The smallest absolute Gasteiger partial charge is 0.335 e. The molecular formula is C27H25N5O4S2. The molecule has 38 heavy (non-hydrogen) atoms. The molecule has 1 fully saturated rings. The standard InChI is InChI=1S/C27H25N5O4S2/c1-17-16-20(12-13-21(17)30-38(2,35)36)32-25(24(29-27(32)37)22-6-3-4-14-28-22)23-7-5-15-31(23)19-10-8-18(9-11-19)26(33)34/h3-16,24-25,30H,1-2H3,(H,29,37)(H,33,34)/t24-,25-/m1/s1. The van der Waals surface area contributed by atoms with Gasteiger partial charge in [0.1, 0.15) is 6.04 Å². The minimum atomic E-state index is -3.43. The van der Waals surface area contributed by atoms with E-state index in [0.717, 1.165) is 34.6 Å². The number of hydrogen-bond donors (Lipinski definition) is 3. The lowest BCUT2D eigenvalue weighted by Crippen LogP contribution is -2.30. The molecule has 1 saturated heterocycles. The largest absolute Gasteiger partial charge is 0.478 e.